The van der Waals surface area contributed by atoms with Crippen molar-refractivity contribution in [2.45, 2.75) is 37.3 Å². The highest BCUT2D eigenvalue weighted by atomic mass is 35.5. The molecule has 0 amide bonds. The number of rotatable bonds is 11. The number of hydrogen-bond acceptors (Lipinski definition) is 5. The molecular formula is C23H26ClNO5S2. The molecule has 0 fully saturated rings. The summed E-state index contributed by atoms with van der Waals surface area (Å²) in [5.41, 5.74) is 1.78. The second-order valence-corrected chi connectivity index (χ2v) is 11.1. The van der Waals surface area contributed by atoms with Crippen LogP contribution in [0.1, 0.15) is 30.9 Å². The first-order valence-electron chi connectivity index (χ1n) is 10.3. The van der Waals surface area contributed by atoms with Gasteiger partial charge in [0, 0.05) is 22.8 Å². The molecule has 3 rings (SSSR count). The summed E-state index contributed by atoms with van der Waals surface area (Å²) in [5.74, 6) is -0.532. The number of carboxylic acids is 1. The first-order chi connectivity index (χ1) is 15.2. The molecule has 0 saturated carbocycles. The van der Waals surface area contributed by atoms with Crippen LogP contribution in [0.5, 0.6) is 5.75 Å². The van der Waals surface area contributed by atoms with E-state index in [9.17, 15) is 13.2 Å². The molecule has 0 spiro atoms. The number of aryl methyl sites for hydroxylation is 2. The van der Waals surface area contributed by atoms with Gasteiger partial charge in [-0.15, -0.1) is 11.3 Å². The van der Waals surface area contributed by atoms with Gasteiger partial charge < -0.3 is 9.84 Å². The van der Waals surface area contributed by atoms with Gasteiger partial charge in [0.15, 0.2) is 6.61 Å². The Morgan fingerprint density at radius 1 is 1.16 bits per heavy atom. The lowest BCUT2D eigenvalue weighted by Crippen LogP contribution is -2.33. The van der Waals surface area contributed by atoms with Crippen molar-refractivity contribution in [3.8, 4) is 5.75 Å². The standard InChI is InChI=1S/C23H26ClNO5S2/c1-3-12-25(13-4-5-17-6-9-19(10-7-17)30-15-22(26)27)32(28,29)23-16(2)20-14-18(24)8-11-21(20)31-23/h6-11,14H,3-5,12-13,15H2,1-2H3,(H,26,27). The number of benzene rings is 2. The van der Waals surface area contributed by atoms with Gasteiger partial charge in [0.1, 0.15) is 9.96 Å². The maximum atomic E-state index is 13.5. The summed E-state index contributed by atoms with van der Waals surface area (Å²) < 4.78 is 34.9. The van der Waals surface area contributed by atoms with Crippen LogP contribution in [0, 0.1) is 6.92 Å². The zero-order valence-corrected chi connectivity index (χ0v) is 20.4. The van der Waals surface area contributed by atoms with Crippen molar-refractivity contribution in [1.29, 1.82) is 0 Å². The van der Waals surface area contributed by atoms with Crippen LogP contribution in [0.15, 0.2) is 46.7 Å². The number of fused-ring (bicyclic) bond motifs is 1. The Labute approximate surface area is 197 Å². The zero-order valence-electron chi connectivity index (χ0n) is 18.0. The van der Waals surface area contributed by atoms with Crippen molar-refractivity contribution in [2.75, 3.05) is 19.7 Å². The third-order valence-corrected chi connectivity index (χ3v) is 9.06. The largest absolute Gasteiger partial charge is 0.482 e. The van der Waals surface area contributed by atoms with Gasteiger partial charge in [-0.25, -0.2) is 13.2 Å². The van der Waals surface area contributed by atoms with Crippen LogP contribution in [0.2, 0.25) is 5.02 Å². The van der Waals surface area contributed by atoms with Crippen LogP contribution in [0.25, 0.3) is 10.1 Å². The normalized spacial score (nSPS) is 11.9. The third kappa shape index (κ3) is 5.81. The highest BCUT2D eigenvalue weighted by molar-refractivity contribution is 7.91. The molecule has 32 heavy (non-hydrogen) atoms. The van der Waals surface area contributed by atoms with E-state index in [0.717, 1.165) is 27.6 Å². The Bertz CT molecular complexity index is 1190. The Morgan fingerprint density at radius 3 is 2.53 bits per heavy atom. The molecule has 0 aliphatic carbocycles. The van der Waals surface area contributed by atoms with Crippen molar-refractivity contribution in [3.05, 3.63) is 58.6 Å². The van der Waals surface area contributed by atoms with Crippen LogP contribution in [-0.4, -0.2) is 43.5 Å². The predicted octanol–water partition coefficient (Wildman–Crippen LogP) is 5.36. The number of sulfonamides is 1. The van der Waals surface area contributed by atoms with Gasteiger partial charge in [-0.1, -0.05) is 30.7 Å². The average Bonchev–Trinajstić information content (AvgIpc) is 3.09. The minimum atomic E-state index is -3.61. The SMILES string of the molecule is CCCN(CCCc1ccc(OCC(=O)O)cc1)S(=O)(=O)c1sc2ccc(Cl)cc2c1C. The zero-order chi connectivity index (χ0) is 23.3. The lowest BCUT2D eigenvalue weighted by molar-refractivity contribution is -0.139. The summed E-state index contributed by atoms with van der Waals surface area (Å²) in [4.78, 5) is 10.6. The molecule has 1 heterocycles. The molecule has 9 heteroatoms. The number of thiophene rings is 1. The molecule has 0 bridgehead atoms. The first kappa shape index (κ1) is 24.5. The Morgan fingerprint density at radius 2 is 1.88 bits per heavy atom. The molecule has 2 aromatic carbocycles. The topological polar surface area (TPSA) is 83.9 Å². The van der Waals surface area contributed by atoms with Crippen LogP contribution < -0.4 is 4.74 Å². The number of halogens is 1. The van der Waals surface area contributed by atoms with Gasteiger partial charge in [0.2, 0.25) is 0 Å². The maximum absolute atomic E-state index is 13.5. The predicted molar refractivity (Wildman–Crippen MR) is 129 cm³/mol. The quantitative estimate of drug-likeness (QED) is 0.387. The van der Waals surface area contributed by atoms with Crippen molar-refractivity contribution < 1.29 is 23.1 Å². The minimum Gasteiger partial charge on any atom is -0.482 e. The number of hydrogen-bond donors (Lipinski definition) is 1. The van der Waals surface area contributed by atoms with Gasteiger partial charge >= 0.3 is 5.97 Å². The van der Waals surface area contributed by atoms with E-state index in [1.54, 1.807) is 22.5 Å². The molecule has 0 atom stereocenters. The van der Waals surface area contributed by atoms with Crippen molar-refractivity contribution in [2.24, 2.45) is 0 Å². The Kier molecular flexibility index (Phi) is 8.16. The van der Waals surface area contributed by atoms with Crippen molar-refractivity contribution in [1.82, 2.24) is 4.31 Å². The third-order valence-electron chi connectivity index (χ3n) is 5.06. The van der Waals surface area contributed by atoms with Gasteiger partial charge in [0.25, 0.3) is 10.0 Å². The number of aliphatic carboxylic acids is 1. The summed E-state index contributed by atoms with van der Waals surface area (Å²) in [6.45, 7) is 4.29. The fourth-order valence-corrected chi connectivity index (χ4v) is 7.12. The number of carbonyl (C=O) groups is 1. The molecular weight excluding hydrogens is 470 g/mol. The molecule has 1 N–H and O–H groups in total. The Hall–Kier alpha value is -2.13. The summed E-state index contributed by atoms with van der Waals surface area (Å²) >= 11 is 7.39. The second kappa shape index (κ2) is 10.7. The van der Waals surface area contributed by atoms with E-state index in [2.05, 4.69) is 0 Å². The molecule has 0 saturated heterocycles. The summed E-state index contributed by atoms with van der Waals surface area (Å²) in [6.07, 6.45) is 2.10. The van der Waals surface area contributed by atoms with Crippen LogP contribution in [0.4, 0.5) is 0 Å². The summed E-state index contributed by atoms with van der Waals surface area (Å²) in [5, 5.41) is 10.1. The molecule has 0 unspecified atom stereocenters. The van der Waals surface area contributed by atoms with Crippen LogP contribution in [0.3, 0.4) is 0 Å². The summed E-state index contributed by atoms with van der Waals surface area (Å²) in [7, 11) is -3.61. The van der Waals surface area contributed by atoms with Gasteiger partial charge in [-0.3, -0.25) is 0 Å². The molecule has 0 aliphatic heterocycles. The fraction of sp³-hybridized carbons (Fsp3) is 0.348. The number of carboxylic acid groups (broad SMARTS) is 1. The van der Waals surface area contributed by atoms with Crippen LogP contribution in [-0.2, 0) is 21.2 Å². The highest BCUT2D eigenvalue weighted by Crippen LogP contribution is 2.37. The maximum Gasteiger partial charge on any atom is 0.341 e. The highest BCUT2D eigenvalue weighted by Gasteiger charge is 2.28. The monoisotopic (exact) mass is 495 g/mol. The lowest BCUT2D eigenvalue weighted by Gasteiger charge is -2.21. The number of nitrogens with zero attached hydrogens (tertiary/aromatic N) is 1. The molecule has 172 valence electrons. The molecule has 1 aromatic heterocycles. The van der Waals surface area contributed by atoms with Crippen LogP contribution >= 0.6 is 22.9 Å². The van der Waals surface area contributed by atoms with E-state index in [4.69, 9.17) is 21.4 Å². The van der Waals surface area contributed by atoms with Gasteiger partial charge in [-0.2, -0.15) is 4.31 Å². The molecule has 0 aliphatic rings. The molecule has 6 nitrogen and oxygen atoms in total. The molecule has 0 radical (unpaired) electrons. The second-order valence-electron chi connectivity index (χ2n) is 7.49. The van der Waals surface area contributed by atoms with E-state index in [1.807, 2.05) is 38.1 Å². The minimum absolute atomic E-state index is 0.378. The average molecular weight is 496 g/mol. The van der Waals surface area contributed by atoms with E-state index < -0.39 is 16.0 Å². The van der Waals surface area contributed by atoms with E-state index in [0.29, 0.717) is 40.9 Å². The van der Waals surface area contributed by atoms with E-state index in [-0.39, 0.29) is 6.61 Å². The molecule has 3 aromatic rings. The summed E-state index contributed by atoms with van der Waals surface area (Å²) in [6, 6.07) is 12.6. The lowest BCUT2D eigenvalue weighted by atomic mass is 10.1. The van der Waals surface area contributed by atoms with Crippen molar-refractivity contribution in [3.63, 3.8) is 0 Å². The fourth-order valence-electron chi connectivity index (χ4n) is 3.49. The van der Waals surface area contributed by atoms with Gasteiger partial charge in [0.05, 0.1) is 0 Å². The van der Waals surface area contributed by atoms with E-state index in [1.165, 1.54) is 11.3 Å². The smallest absolute Gasteiger partial charge is 0.341 e. The van der Waals surface area contributed by atoms with E-state index >= 15 is 0 Å². The van der Waals surface area contributed by atoms with Crippen molar-refractivity contribution >= 4 is 49.0 Å². The Balaban J connectivity index is 1.70. The van der Waals surface area contributed by atoms with Gasteiger partial charge in [-0.05, 0) is 73.0 Å². The number of ether oxygens (including phenoxy) is 1. The first-order valence-corrected chi connectivity index (χ1v) is 13.0.